The van der Waals surface area contributed by atoms with E-state index in [1.165, 1.54) is 11.8 Å². The summed E-state index contributed by atoms with van der Waals surface area (Å²) in [6.45, 7) is 5.75. The molecule has 0 aliphatic rings. The smallest absolute Gasteiger partial charge is 0.325 e. The van der Waals surface area contributed by atoms with E-state index in [0.717, 1.165) is 22.5 Å². The van der Waals surface area contributed by atoms with E-state index in [9.17, 15) is 9.59 Å². The molecule has 0 aliphatic carbocycles. The topological polar surface area (TPSA) is 74.8 Å². The zero-order chi connectivity index (χ0) is 15.4. The number of aromatic amines is 1. The Morgan fingerprint density at radius 3 is 2.48 bits per heavy atom. The van der Waals surface area contributed by atoms with Crippen molar-refractivity contribution in [1.82, 2.24) is 9.97 Å². The van der Waals surface area contributed by atoms with Crippen molar-refractivity contribution in [3.63, 3.8) is 0 Å². The van der Waals surface area contributed by atoms with Crippen LogP contribution in [-0.4, -0.2) is 21.6 Å². The normalized spacial score (nSPS) is 10.4. The highest BCUT2D eigenvalue weighted by Gasteiger charge is 2.06. The molecule has 0 fully saturated rings. The van der Waals surface area contributed by atoms with E-state index in [1.54, 1.807) is 13.0 Å². The van der Waals surface area contributed by atoms with Gasteiger partial charge in [-0.2, -0.15) is 4.98 Å². The summed E-state index contributed by atoms with van der Waals surface area (Å²) in [4.78, 5) is 29.6. The van der Waals surface area contributed by atoms with Crippen LogP contribution in [0.5, 0.6) is 0 Å². The minimum absolute atomic E-state index is 0.121. The van der Waals surface area contributed by atoms with Crippen molar-refractivity contribution in [1.29, 1.82) is 0 Å². The highest BCUT2D eigenvalue weighted by Crippen LogP contribution is 2.16. The number of nitrogens with zero attached hydrogens (tertiary/aromatic N) is 1. The molecule has 1 aromatic heterocycles. The Bertz CT molecular complexity index is 705. The van der Waals surface area contributed by atoms with Gasteiger partial charge in [-0.3, -0.25) is 4.79 Å². The van der Waals surface area contributed by atoms with Crippen LogP contribution in [-0.2, 0) is 4.79 Å². The molecule has 1 aromatic carbocycles. The molecule has 0 unspecified atom stereocenters. The number of carbonyl (C=O) groups is 1. The van der Waals surface area contributed by atoms with Crippen LogP contribution >= 0.6 is 11.8 Å². The fourth-order valence-electron chi connectivity index (χ4n) is 2.01. The van der Waals surface area contributed by atoms with Crippen LogP contribution in [0, 0.1) is 20.8 Å². The molecule has 0 atom stereocenters. The SMILES string of the molecule is Cc1cc(C)cc(NC(=O)CSc2cc(C)[nH]c(=O)n2)c1. The Morgan fingerprint density at radius 1 is 1.19 bits per heavy atom. The number of benzene rings is 1. The van der Waals surface area contributed by atoms with Crippen molar-refractivity contribution in [2.45, 2.75) is 25.8 Å². The maximum absolute atomic E-state index is 11.9. The second-order valence-electron chi connectivity index (χ2n) is 4.92. The third kappa shape index (κ3) is 4.75. The summed E-state index contributed by atoms with van der Waals surface area (Å²) in [5.41, 5.74) is 3.32. The average molecular weight is 303 g/mol. The molecule has 6 heteroatoms. The van der Waals surface area contributed by atoms with Gasteiger partial charge in [0, 0.05) is 11.4 Å². The van der Waals surface area contributed by atoms with Crippen molar-refractivity contribution < 1.29 is 4.79 Å². The summed E-state index contributed by atoms with van der Waals surface area (Å²) >= 11 is 1.24. The molecule has 1 heterocycles. The Morgan fingerprint density at radius 2 is 1.86 bits per heavy atom. The lowest BCUT2D eigenvalue weighted by atomic mass is 10.1. The zero-order valence-corrected chi connectivity index (χ0v) is 13.0. The Hall–Kier alpha value is -2.08. The number of H-pyrrole nitrogens is 1. The highest BCUT2D eigenvalue weighted by atomic mass is 32.2. The van der Waals surface area contributed by atoms with Crippen LogP contribution < -0.4 is 11.0 Å². The average Bonchev–Trinajstić information content (AvgIpc) is 2.34. The molecule has 0 aliphatic heterocycles. The predicted octanol–water partition coefficient (Wildman–Crippen LogP) is 2.43. The molecule has 2 N–H and O–H groups in total. The van der Waals surface area contributed by atoms with E-state index in [4.69, 9.17) is 0 Å². The fourth-order valence-corrected chi connectivity index (χ4v) is 2.77. The minimum atomic E-state index is -0.396. The van der Waals surface area contributed by atoms with Gasteiger partial charge in [0.05, 0.1) is 5.75 Å². The number of hydrogen-bond donors (Lipinski definition) is 2. The van der Waals surface area contributed by atoms with Gasteiger partial charge in [0.1, 0.15) is 5.03 Å². The molecule has 0 radical (unpaired) electrons. The molecular formula is C15H17N3O2S. The Balaban J connectivity index is 1.97. The van der Waals surface area contributed by atoms with Crippen molar-refractivity contribution in [3.05, 3.63) is 51.6 Å². The molecule has 0 saturated heterocycles. The molecule has 5 nitrogen and oxygen atoms in total. The van der Waals surface area contributed by atoms with E-state index in [-0.39, 0.29) is 11.7 Å². The first-order chi connectivity index (χ1) is 9.92. The van der Waals surface area contributed by atoms with Gasteiger partial charge in [0.15, 0.2) is 0 Å². The number of nitrogens with one attached hydrogen (secondary N) is 2. The van der Waals surface area contributed by atoms with Gasteiger partial charge in [-0.25, -0.2) is 4.79 Å². The van der Waals surface area contributed by atoms with E-state index < -0.39 is 5.69 Å². The van der Waals surface area contributed by atoms with Crippen LogP contribution in [0.2, 0.25) is 0 Å². The van der Waals surface area contributed by atoms with Gasteiger partial charge in [-0.15, -0.1) is 0 Å². The Kier molecular flexibility index (Phi) is 4.80. The molecule has 21 heavy (non-hydrogen) atoms. The fraction of sp³-hybridized carbons (Fsp3) is 0.267. The summed E-state index contributed by atoms with van der Waals surface area (Å²) in [6.07, 6.45) is 0. The molecule has 2 rings (SSSR count). The van der Waals surface area contributed by atoms with Gasteiger partial charge in [-0.05, 0) is 50.1 Å². The van der Waals surface area contributed by atoms with E-state index in [0.29, 0.717) is 5.03 Å². The van der Waals surface area contributed by atoms with Crippen molar-refractivity contribution in [3.8, 4) is 0 Å². The van der Waals surface area contributed by atoms with Crippen LogP contribution in [0.1, 0.15) is 16.8 Å². The van der Waals surface area contributed by atoms with Crippen molar-refractivity contribution in [2.24, 2.45) is 0 Å². The van der Waals surface area contributed by atoms with E-state index >= 15 is 0 Å². The number of aryl methyl sites for hydroxylation is 3. The first-order valence-corrected chi connectivity index (χ1v) is 7.50. The number of thioether (sulfide) groups is 1. The van der Waals surface area contributed by atoms with E-state index in [1.807, 2.05) is 32.0 Å². The zero-order valence-electron chi connectivity index (χ0n) is 12.2. The van der Waals surface area contributed by atoms with Crippen LogP contribution in [0.3, 0.4) is 0 Å². The first-order valence-electron chi connectivity index (χ1n) is 6.51. The number of hydrogen-bond acceptors (Lipinski definition) is 4. The molecule has 0 bridgehead atoms. The molecular weight excluding hydrogens is 286 g/mol. The minimum Gasteiger partial charge on any atom is -0.325 e. The molecule has 2 aromatic rings. The van der Waals surface area contributed by atoms with Crippen molar-refractivity contribution in [2.75, 3.05) is 11.1 Å². The number of carbonyl (C=O) groups excluding carboxylic acids is 1. The maximum atomic E-state index is 11.9. The lowest BCUT2D eigenvalue weighted by Gasteiger charge is -2.07. The standard InChI is InChI=1S/C15H17N3O2S/c1-9-4-10(2)6-12(5-9)17-13(19)8-21-14-7-11(3)16-15(20)18-14/h4-7H,8H2,1-3H3,(H,17,19)(H,16,18,20). The number of rotatable bonds is 4. The molecule has 0 saturated carbocycles. The van der Waals surface area contributed by atoms with Crippen LogP contribution in [0.25, 0.3) is 0 Å². The third-order valence-corrected chi connectivity index (χ3v) is 3.62. The van der Waals surface area contributed by atoms with Gasteiger partial charge in [0.25, 0.3) is 0 Å². The predicted molar refractivity (Wildman–Crippen MR) is 84.9 cm³/mol. The van der Waals surface area contributed by atoms with Crippen molar-refractivity contribution >= 4 is 23.4 Å². The molecule has 1 amide bonds. The number of amides is 1. The summed E-state index contributed by atoms with van der Waals surface area (Å²) in [5, 5.41) is 3.40. The quantitative estimate of drug-likeness (QED) is 0.672. The van der Waals surface area contributed by atoms with Gasteiger partial charge in [0.2, 0.25) is 5.91 Å². The largest absolute Gasteiger partial charge is 0.346 e. The summed E-state index contributed by atoms with van der Waals surface area (Å²) < 4.78 is 0. The second-order valence-corrected chi connectivity index (χ2v) is 5.92. The summed E-state index contributed by atoms with van der Waals surface area (Å²) in [7, 11) is 0. The van der Waals surface area contributed by atoms with E-state index in [2.05, 4.69) is 15.3 Å². The monoisotopic (exact) mass is 303 g/mol. The lowest BCUT2D eigenvalue weighted by molar-refractivity contribution is -0.113. The van der Waals surface area contributed by atoms with Crippen LogP contribution in [0.15, 0.2) is 34.1 Å². The Labute approximate surface area is 127 Å². The number of anilines is 1. The lowest BCUT2D eigenvalue weighted by Crippen LogP contribution is -2.16. The van der Waals surface area contributed by atoms with Crippen LogP contribution in [0.4, 0.5) is 5.69 Å². The summed E-state index contributed by atoms with van der Waals surface area (Å²) in [6, 6.07) is 7.64. The van der Waals surface area contributed by atoms with Gasteiger partial charge < -0.3 is 10.3 Å². The molecule has 0 spiro atoms. The first kappa shape index (κ1) is 15.3. The molecule has 110 valence electrons. The highest BCUT2D eigenvalue weighted by molar-refractivity contribution is 7.99. The third-order valence-electron chi connectivity index (χ3n) is 2.71. The second kappa shape index (κ2) is 6.58. The van der Waals surface area contributed by atoms with Gasteiger partial charge >= 0.3 is 5.69 Å². The number of aromatic nitrogens is 2. The summed E-state index contributed by atoms with van der Waals surface area (Å²) in [5.74, 6) is 0.0906. The maximum Gasteiger partial charge on any atom is 0.346 e. The van der Waals surface area contributed by atoms with Gasteiger partial charge in [-0.1, -0.05) is 17.8 Å².